The maximum absolute atomic E-state index is 6.85. The summed E-state index contributed by atoms with van der Waals surface area (Å²) in [6, 6.07) is 63.2. The average Bonchev–Trinajstić information content (AvgIpc) is 3.57. The maximum atomic E-state index is 6.85. The number of hydrogen-bond donors (Lipinski definition) is 0. The van der Waals surface area contributed by atoms with Crippen molar-refractivity contribution < 1.29 is 4.42 Å². The smallest absolute Gasteiger partial charge is 0.136 e. The summed E-state index contributed by atoms with van der Waals surface area (Å²) in [7, 11) is 0. The predicted octanol–water partition coefficient (Wildman–Crippen LogP) is 15.0. The molecule has 0 atom stereocenters. The minimum absolute atomic E-state index is 0.913. The van der Waals surface area contributed by atoms with Crippen LogP contribution in [0, 0.1) is 0 Å². The number of fused-ring (bicyclic) bond motifs is 6. The number of hydrogen-bond acceptors (Lipinski definition) is 1. The Morgan fingerprint density at radius 1 is 0.245 bits per heavy atom. The largest absolute Gasteiger partial charge is 0.456 e. The first-order valence-electron chi connectivity index (χ1n) is 18.4. The molecule has 1 nitrogen and oxygen atoms in total. The van der Waals surface area contributed by atoms with Crippen LogP contribution in [0.2, 0.25) is 0 Å². The molecule has 0 saturated heterocycles. The molecular formula is C52H28O. The molecule has 0 aliphatic heterocycles. The lowest BCUT2D eigenvalue weighted by atomic mass is 9.86. The van der Waals surface area contributed by atoms with Gasteiger partial charge < -0.3 is 4.42 Å². The van der Waals surface area contributed by atoms with Crippen LogP contribution in [0.3, 0.4) is 0 Å². The van der Waals surface area contributed by atoms with Gasteiger partial charge in [-0.1, -0.05) is 146 Å². The third-order valence-electron chi connectivity index (χ3n) is 12.1. The van der Waals surface area contributed by atoms with Crippen LogP contribution < -0.4 is 0 Å². The van der Waals surface area contributed by atoms with Crippen molar-refractivity contribution in [2.75, 3.05) is 0 Å². The van der Waals surface area contributed by atoms with E-state index in [1.165, 1.54) is 114 Å². The fourth-order valence-corrected chi connectivity index (χ4v) is 9.72. The standard InChI is InChI=1S/C52H28O/c1-2-6-36-27-46-45(25-35(36)5-1)52-44-26-37(38-20-15-33-13-11-29-7-3-9-31-17-23-41(38)50(33)48(29)31)19-22-40(44)43(28-47(52)53-46)39-21-16-34-14-12-30-8-4-10-32-18-24-42(39)51(34)49(30)32/h1-28H. The first-order chi connectivity index (χ1) is 26.2. The second-order valence-corrected chi connectivity index (χ2v) is 14.8. The summed E-state index contributed by atoms with van der Waals surface area (Å²) in [5.74, 6) is 0. The van der Waals surface area contributed by atoms with Gasteiger partial charge in [0.1, 0.15) is 11.2 Å². The number of furan rings is 1. The van der Waals surface area contributed by atoms with E-state index < -0.39 is 0 Å². The van der Waals surface area contributed by atoms with Gasteiger partial charge in [-0.15, -0.1) is 0 Å². The Morgan fingerprint density at radius 3 is 1.42 bits per heavy atom. The summed E-state index contributed by atoms with van der Waals surface area (Å²) in [5, 5.41) is 22.7. The Hall–Kier alpha value is -6.96. The molecule has 0 N–H and O–H groups in total. The molecule has 53 heavy (non-hydrogen) atoms. The summed E-state index contributed by atoms with van der Waals surface area (Å²) in [6.07, 6.45) is 0. The maximum Gasteiger partial charge on any atom is 0.136 e. The van der Waals surface area contributed by atoms with Crippen molar-refractivity contribution in [1.82, 2.24) is 0 Å². The van der Waals surface area contributed by atoms with Crippen LogP contribution >= 0.6 is 0 Å². The van der Waals surface area contributed by atoms with Crippen LogP contribution in [0.5, 0.6) is 0 Å². The van der Waals surface area contributed by atoms with Gasteiger partial charge in [-0.2, -0.15) is 0 Å². The zero-order chi connectivity index (χ0) is 34.4. The topological polar surface area (TPSA) is 13.1 Å². The highest BCUT2D eigenvalue weighted by molar-refractivity contribution is 6.30. The van der Waals surface area contributed by atoms with Crippen molar-refractivity contribution in [2.24, 2.45) is 0 Å². The Bertz CT molecular complexity index is 3640. The molecule has 0 bridgehead atoms. The monoisotopic (exact) mass is 668 g/mol. The van der Waals surface area contributed by atoms with Crippen LogP contribution in [-0.4, -0.2) is 0 Å². The minimum atomic E-state index is 0.913. The molecular weight excluding hydrogens is 641 g/mol. The average molecular weight is 669 g/mol. The lowest BCUT2D eigenvalue weighted by Crippen LogP contribution is -1.90. The van der Waals surface area contributed by atoms with Gasteiger partial charge in [-0.05, 0) is 133 Å². The van der Waals surface area contributed by atoms with Crippen molar-refractivity contribution in [3.8, 4) is 22.3 Å². The van der Waals surface area contributed by atoms with Gasteiger partial charge in [-0.3, -0.25) is 0 Å². The van der Waals surface area contributed by atoms with Crippen molar-refractivity contribution in [1.29, 1.82) is 0 Å². The zero-order valence-electron chi connectivity index (χ0n) is 28.6. The van der Waals surface area contributed by atoms with Gasteiger partial charge in [0, 0.05) is 10.8 Å². The van der Waals surface area contributed by atoms with E-state index in [2.05, 4.69) is 170 Å². The Kier molecular flexibility index (Phi) is 5.17. The van der Waals surface area contributed by atoms with Gasteiger partial charge in [0.2, 0.25) is 0 Å². The van der Waals surface area contributed by atoms with Crippen LogP contribution in [0.1, 0.15) is 0 Å². The quantitative estimate of drug-likeness (QED) is 0.167. The highest BCUT2D eigenvalue weighted by atomic mass is 16.3. The fraction of sp³-hybridized carbons (Fsp3) is 0. The molecule has 12 aromatic carbocycles. The molecule has 0 fully saturated rings. The van der Waals surface area contributed by atoms with Gasteiger partial charge >= 0.3 is 0 Å². The van der Waals surface area contributed by atoms with Crippen molar-refractivity contribution in [3.63, 3.8) is 0 Å². The second-order valence-electron chi connectivity index (χ2n) is 14.8. The van der Waals surface area contributed by atoms with E-state index >= 15 is 0 Å². The lowest BCUT2D eigenvalue weighted by Gasteiger charge is -2.17. The third kappa shape index (κ3) is 3.66. The third-order valence-corrected chi connectivity index (χ3v) is 12.1. The van der Waals surface area contributed by atoms with E-state index in [9.17, 15) is 0 Å². The van der Waals surface area contributed by atoms with E-state index in [1.807, 2.05) is 0 Å². The molecule has 0 aliphatic carbocycles. The molecule has 0 radical (unpaired) electrons. The number of benzene rings is 12. The molecule has 242 valence electrons. The molecule has 1 aromatic heterocycles. The van der Waals surface area contributed by atoms with Crippen molar-refractivity contribution in [3.05, 3.63) is 170 Å². The highest BCUT2D eigenvalue weighted by Gasteiger charge is 2.20. The summed E-state index contributed by atoms with van der Waals surface area (Å²) in [6.45, 7) is 0. The molecule has 1 heterocycles. The summed E-state index contributed by atoms with van der Waals surface area (Å²) < 4.78 is 6.85. The highest BCUT2D eigenvalue weighted by Crippen LogP contribution is 2.47. The van der Waals surface area contributed by atoms with Gasteiger partial charge in [0.25, 0.3) is 0 Å². The zero-order valence-corrected chi connectivity index (χ0v) is 28.6. The molecule has 0 amide bonds. The molecule has 13 rings (SSSR count). The minimum Gasteiger partial charge on any atom is -0.456 e. The lowest BCUT2D eigenvalue weighted by molar-refractivity contribution is 0.670. The van der Waals surface area contributed by atoms with E-state index in [-0.39, 0.29) is 0 Å². The molecule has 0 aliphatic rings. The Morgan fingerprint density at radius 2 is 0.755 bits per heavy atom. The first-order valence-corrected chi connectivity index (χ1v) is 18.4. The summed E-state index contributed by atoms with van der Waals surface area (Å²) in [5.41, 5.74) is 6.70. The first kappa shape index (κ1) is 27.7. The molecule has 0 unspecified atom stereocenters. The van der Waals surface area contributed by atoms with Gasteiger partial charge in [0.15, 0.2) is 0 Å². The van der Waals surface area contributed by atoms with E-state index in [0.29, 0.717) is 0 Å². The van der Waals surface area contributed by atoms with Gasteiger partial charge in [0.05, 0.1) is 0 Å². The normalized spacial score (nSPS) is 12.5. The molecule has 0 spiro atoms. The SMILES string of the molecule is c1ccc2cc3c(cc2c1)oc1cc(-c2ccc4ccc5cccc6ccc2c4c56)c2ccc(-c4ccc5ccc6cccc7ccc4c5c67)cc2c13. The van der Waals surface area contributed by atoms with E-state index in [1.54, 1.807) is 0 Å². The van der Waals surface area contributed by atoms with Crippen LogP contribution in [0.25, 0.3) is 130 Å². The van der Waals surface area contributed by atoms with Crippen molar-refractivity contribution in [2.45, 2.75) is 0 Å². The Balaban J connectivity index is 1.16. The van der Waals surface area contributed by atoms with Crippen LogP contribution in [-0.2, 0) is 0 Å². The second kappa shape index (κ2) is 9.88. The molecule has 0 saturated carbocycles. The molecule has 13 aromatic rings. The summed E-state index contributed by atoms with van der Waals surface area (Å²) >= 11 is 0. The van der Waals surface area contributed by atoms with Crippen LogP contribution in [0.15, 0.2) is 174 Å². The fourth-order valence-electron chi connectivity index (χ4n) is 9.72. The number of rotatable bonds is 2. The summed E-state index contributed by atoms with van der Waals surface area (Å²) in [4.78, 5) is 0. The van der Waals surface area contributed by atoms with Gasteiger partial charge in [-0.25, -0.2) is 0 Å². The van der Waals surface area contributed by atoms with Crippen LogP contribution in [0.4, 0.5) is 0 Å². The predicted molar refractivity (Wildman–Crippen MR) is 227 cm³/mol. The van der Waals surface area contributed by atoms with E-state index in [4.69, 9.17) is 4.42 Å². The van der Waals surface area contributed by atoms with Crippen molar-refractivity contribution >= 4 is 108 Å². The Labute approximate surface area is 303 Å². The van der Waals surface area contributed by atoms with E-state index in [0.717, 1.165) is 16.6 Å². The molecule has 1 heteroatoms.